The molecule has 0 aliphatic heterocycles. The van der Waals surface area contributed by atoms with Gasteiger partial charge in [0, 0.05) is 11.1 Å². The smallest absolute Gasteiger partial charge is 0.243 e. The van der Waals surface area contributed by atoms with E-state index in [1.807, 2.05) is 20.8 Å². The highest BCUT2D eigenvalue weighted by Crippen LogP contribution is 2.16. The Morgan fingerprint density at radius 1 is 1.64 bits per heavy atom. The van der Waals surface area contributed by atoms with Crippen LogP contribution < -0.4 is 11.1 Å². The minimum absolute atomic E-state index is 0.135. The number of nitrogens with one attached hydrogen (secondary N) is 1. The average molecular weight is 213 g/mol. The molecule has 0 aromatic carbocycles. The van der Waals surface area contributed by atoms with Gasteiger partial charge in [-0.25, -0.2) is 4.98 Å². The Bertz CT molecular complexity index is 322. The van der Waals surface area contributed by atoms with Crippen LogP contribution >= 0.6 is 11.3 Å². The van der Waals surface area contributed by atoms with Crippen molar-refractivity contribution in [3.63, 3.8) is 0 Å². The maximum atomic E-state index is 11.5. The third kappa shape index (κ3) is 2.78. The first kappa shape index (κ1) is 11.1. The molecule has 1 aromatic heterocycles. The van der Waals surface area contributed by atoms with E-state index in [-0.39, 0.29) is 11.8 Å². The molecule has 1 amide bonds. The van der Waals surface area contributed by atoms with E-state index in [9.17, 15) is 4.79 Å². The minimum Gasteiger partial charge on any atom is -0.320 e. The normalized spacial score (nSPS) is 12.9. The monoisotopic (exact) mass is 213 g/mol. The fourth-order valence-electron chi connectivity index (χ4n) is 0.904. The molecule has 0 aliphatic rings. The summed E-state index contributed by atoms with van der Waals surface area (Å²) in [6, 6.07) is -0.473. The Labute approximate surface area is 87.5 Å². The third-order valence-corrected chi connectivity index (χ3v) is 2.70. The van der Waals surface area contributed by atoms with E-state index < -0.39 is 6.04 Å². The van der Waals surface area contributed by atoms with Gasteiger partial charge in [-0.1, -0.05) is 13.8 Å². The molecule has 0 saturated carbocycles. The molecule has 1 heterocycles. The van der Waals surface area contributed by atoms with Gasteiger partial charge in [-0.2, -0.15) is 0 Å². The van der Waals surface area contributed by atoms with Gasteiger partial charge >= 0.3 is 0 Å². The standard InChI is InChI=1S/C9H15N3OS/c1-5(2)7(10)8(13)12-9-11-4-6(3)14-9/h4-5,7H,10H2,1-3H3,(H,11,12,13). The number of rotatable bonds is 3. The molecule has 3 N–H and O–H groups in total. The van der Waals surface area contributed by atoms with E-state index in [1.165, 1.54) is 11.3 Å². The first-order valence-corrected chi connectivity index (χ1v) is 5.31. The number of anilines is 1. The third-order valence-electron chi connectivity index (χ3n) is 1.87. The highest BCUT2D eigenvalue weighted by Gasteiger charge is 2.17. The number of amides is 1. The number of hydrogen-bond acceptors (Lipinski definition) is 4. The summed E-state index contributed by atoms with van der Waals surface area (Å²) in [5, 5.41) is 3.30. The van der Waals surface area contributed by atoms with Crippen molar-refractivity contribution in [1.29, 1.82) is 0 Å². The predicted octanol–water partition coefficient (Wildman–Crippen LogP) is 1.37. The van der Waals surface area contributed by atoms with Crippen LogP contribution in [0.3, 0.4) is 0 Å². The number of thiazole rings is 1. The Morgan fingerprint density at radius 3 is 2.71 bits per heavy atom. The summed E-state index contributed by atoms with van der Waals surface area (Å²) in [4.78, 5) is 16.6. The second-order valence-electron chi connectivity index (χ2n) is 3.54. The first-order chi connectivity index (χ1) is 6.50. The zero-order valence-electron chi connectivity index (χ0n) is 8.57. The van der Waals surface area contributed by atoms with Gasteiger partial charge in [0.25, 0.3) is 0 Å². The van der Waals surface area contributed by atoms with Gasteiger partial charge in [0.2, 0.25) is 5.91 Å². The van der Waals surface area contributed by atoms with Gasteiger partial charge in [-0.15, -0.1) is 11.3 Å². The van der Waals surface area contributed by atoms with E-state index in [0.717, 1.165) is 4.88 Å². The zero-order chi connectivity index (χ0) is 10.7. The lowest BCUT2D eigenvalue weighted by atomic mass is 10.1. The van der Waals surface area contributed by atoms with Crippen molar-refractivity contribution >= 4 is 22.4 Å². The fourth-order valence-corrected chi connectivity index (χ4v) is 1.57. The summed E-state index contributed by atoms with van der Waals surface area (Å²) in [5.41, 5.74) is 5.68. The van der Waals surface area contributed by atoms with Crippen molar-refractivity contribution < 1.29 is 4.79 Å². The number of nitrogens with zero attached hydrogens (tertiary/aromatic N) is 1. The van der Waals surface area contributed by atoms with Crippen LogP contribution in [0.5, 0.6) is 0 Å². The lowest BCUT2D eigenvalue weighted by molar-refractivity contribution is -0.118. The van der Waals surface area contributed by atoms with Gasteiger partial charge in [-0.3, -0.25) is 4.79 Å². The summed E-state index contributed by atoms with van der Waals surface area (Å²) in [7, 11) is 0. The molecule has 14 heavy (non-hydrogen) atoms. The van der Waals surface area contributed by atoms with Crippen molar-refractivity contribution in [1.82, 2.24) is 4.98 Å². The molecule has 0 saturated heterocycles. The minimum atomic E-state index is -0.473. The van der Waals surface area contributed by atoms with Crippen LogP contribution in [0.25, 0.3) is 0 Å². The number of carbonyl (C=O) groups excluding carboxylic acids is 1. The molecule has 0 radical (unpaired) electrons. The second-order valence-corrected chi connectivity index (χ2v) is 4.77. The predicted molar refractivity (Wildman–Crippen MR) is 58.3 cm³/mol. The Kier molecular flexibility index (Phi) is 3.60. The molecule has 1 aromatic rings. The molecule has 78 valence electrons. The SMILES string of the molecule is Cc1cnc(NC(=O)C(N)C(C)C)s1. The van der Waals surface area contributed by atoms with Gasteiger partial charge in [0.1, 0.15) is 0 Å². The highest BCUT2D eigenvalue weighted by atomic mass is 32.1. The quantitative estimate of drug-likeness (QED) is 0.797. The maximum Gasteiger partial charge on any atom is 0.243 e. The van der Waals surface area contributed by atoms with Gasteiger partial charge < -0.3 is 11.1 Å². The molecule has 0 bridgehead atoms. The van der Waals surface area contributed by atoms with Gasteiger partial charge in [0.05, 0.1) is 6.04 Å². The molecule has 0 spiro atoms. The van der Waals surface area contributed by atoms with E-state index in [2.05, 4.69) is 10.3 Å². The topological polar surface area (TPSA) is 68.0 Å². The zero-order valence-corrected chi connectivity index (χ0v) is 9.39. The number of carbonyl (C=O) groups is 1. The maximum absolute atomic E-state index is 11.5. The molecule has 5 heteroatoms. The van der Waals surface area contributed by atoms with Crippen molar-refractivity contribution in [3.05, 3.63) is 11.1 Å². The lowest BCUT2D eigenvalue weighted by Crippen LogP contribution is -2.39. The van der Waals surface area contributed by atoms with E-state index in [0.29, 0.717) is 5.13 Å². The summed E-state index contributed by atoms with van der Waals surface area (Å²) in [5.74, 6) is -0.0367. The number of hydrogen-bond donors (Lipinski definition) is 2. The average Bonchev–Trinajstić information content (AvgIpc) is 2.49. The molecule has 0 aliphatic carbocycles. The van der Waals surface area contributed by atoms with Crippen LogP contribution in [0.1, 0.15) is 18.7 Å². The van der Waals surface area contributed by atoms with Crippen molar-refractivity contribution in [3.8, 4) is 0 Å². The number of aryl methyl sites for hydroxylation is 1. The molecular formula is C9H15N3OS. The fraction of sp³-hybridized carbons (Fsp3) is 0.556. The van der Waals surface area contributed by atoms with Crippen molar-refractivity contribution in [2.75, 3.05) is 5.32 Å². The van der Waals surface area contributed by atoms with Crippen molar-refractivity contribution in [2.45, 2.75) is 26.8 Å². The molecule has 0 fully saturated rings. The van der Waals surface area contributed by atoms with E-state index in [1.54, 1.807) is 6.20 Å². The van der Waals surface area contributed by atoms with Gasteiger partial charge in [-0.05, 0) is 12.8 Å². The van der Waals surface area contributed by atoms with Crippen LogP contribution in [0.2, 0.25) is 0 Å². The Hall–Kier alpha value is -0.940. The number of nitrogens with two attached hydrogens (primary N) is 1. The van der Waals surface area contributed by atoms with Crippen LogP contribution in [-0.2, 0) is 4.79 Å². The van der Waals surface area contributed by atoms with Crippen LogP contribution in [0, 0.1) is 12.8 Å². The van der Waals surface area contributed by atoms with E-state index >= 15 is 0 Å². The van der Waals surface area contributed by atoms with Gasteiger partial charge in [0.15, 0.2) is 5.13 Å². The summed E-state index contributed by atoms with van der Waals surface area (Å²) >= 11 is 1.45. The van der Waals surface area contributed by atoms with Crippen LogP contribution in [-0.4, -0.2) is 16.9 Å². The second kappa shape index (κ2) is 4.52. The van der Waals surface area contributed by atoms with Crippen LogP contribution in [0.4, 0.5) is 5.13 Å². The molecule has 1 atom stereocenters. The molecule has 1 rings (SSSR count). The lowest BCUT2D eigenvalue weighted by Gasteiger charge is -2.13. The Balaban J connectivity index is 2.57. The molecule has 1 unspecified atom stereocenters. The molecule has 4 nitrogen and oxygen atoms in total. The summed E-state index contributed by atoms with van der Waals surface area (Å²) < 4.78 is 0. The molecular weight excluding hydrogens is 198 g/mol. The van der Waals surface area contributed by atoms with Crippen LogP contribution in [0.15, 0.2) is 6.20 Å². The summed E-state index contributed by atoms with van der Waals surface area (Å²) in [6.45, 7) is 5.77. The summed E-state index contributed by atoms with van der Waals surface area (Å²) in [6.07, 6.45) is 1.72. The number of aromatic nitrogens is 1. The van der Waals surface area contributed by atoms with E-state index in [4.69, 9.17) is 5.73 Å². The largest absolute Gasteiger partial charge is 0.320 e. The van der Waals surface area contributed by atoms with Crippen molar-refractivity contribution in [2.24, 2.45) is 11.7 Å². The first-order valence-electron chi connectivity index (χ1n) is 4.49. The highest BCUT2D eigenvalue weighted by molar-refractivity contribution is 7.15. The Morgan fingerprint density at radius 2 is 2.29 bits per heavy atom.